The van der Waals surface area contributed by atoms with Gasteiger partial charge in [-0.15, -0.1) is 0 Å². The summed E-state index contributed by atoms with van der Waals surface area (Å²) in [5, 5.41) is 11.7. The van der Waals surface area contributed by atoms with Gasteiger partial charge in [0.25, 0.3) is 0 Å². The smallest absolute Gasteiger partial charge is 0.303 e. The lowest BCUT2D eigenvalue weighted by molar-refractivity contribution is -0.139. The van der Waals surface area contributed by atoms with Gasteiger partial charge in [-0.1, -0.05) is 27.7 Å². The van der Waals surface area contributed by atoms with E-state index in [9.17, 15) is 9.59 Å². The molecule has 0 rings (SSSR count). The molecule has 0 spiro atoms. The maximum Gasteiger partial charge on any atom is 0.303 e. The molecule has 5 heteroatoms. The van der Waals surface area contributed by atoms with E-state index in [1.54, 1.807) is 13.8 Å². The van der Waals surface area contributed by atoms with E-state index >= 15 is 0 Å². The molecule has 0 saturated carbocycles. The van der Waals surface area contributed by atoms with Crippen LogP contribution in [0.5, 0.6) is 0 Å². The summed E-state index contributed by atoms with van der Waals surface area (Å²) in [5.74, 6) is -0.955. The van der Waals surface area contributed by atoms with Gasteiger partial charge in [0.1, 0.15) is 0 Å². The highest BCUT2D eigenvalue weighted by Gasteiger charge is 2.26. The van der Waals surface area contributed by atoms with Gasteiger partial charge in [-0.25, -0.2) is 0 Å². The Balaban J connectivity index is 4.22. The van der Waals surface area contributed by atoms with Gasteiger partial charge in [0, 0.05) is 19.5 Å². The summed E-state index contributed by atoms with van der Waals surface area (Å²) >= 11 is 0. The maximum absolute atomic E-state index is 11.9. The van der Waals surface area contributed by atoms with Gasteiger partial charge < -0.3 is 15.3 Å². The van der Waals surface area contributed by atoms with Crippen LogP contribution in [0.2, 0.25) is 0 Å². The molecule has 0 saturated heterocycles. The van der Waals surface area contributed by atoms with E-state index in [0.717, 1.165) is 6.54 Å². The third-order valence-corrected chi connectivity index (χ3v) is 2.78. The number of carboxylic acid groups (broad SMARTS) is 1. The Morgan fingerprint density at radius 1 is 1.05 bits per heavy atom. The van der Waals surface area contributed by atoms with Crippen LogP contribution in [0.15, 0.2) is 0 Å². The highest BCUT2D eigenvalue weighted by molar-refractivity contribution is 5.77. The molecule has 0 aliphatic rings. The van der Waals surface area contributed by atoms with Gasteiger partial charge in [-0.2, -0.15) is 0 Å². The Bertz CT molecular complexity index is 323. The summed E-state index contributed by atoms with van der Waals surface area (Å²) in [4.78, 5) is 24.6. The number of nitrogens with zero attached hydrogens (tertiary/aromatic N) is 1. The fraction of sp³-hybridized carbons (Fsp3) is 0.857. The molecular weight excluding hydrogens is 244 g/mol. The number of carbonyl (C=O) groups excluding carboxylic acids is 1. The molecule has 0 radical (unpaired) electrons. The van der Waals surface area contributed by atoms with Gasteiger partial charge >= 0.3 is 5.97 Å². The van der Waals surface area contributed by atoms with Crippen LogP contribution in [0.4, 0.5) is 0 Å². The van der Waals surface area contributed by atoms with Crippen LogP contribution in [-0.4, -0.2) is 49.1 Å². The van der Waals surface area contributed by atoms with E-state index in [-0.39, 0.29) is 24.2 Å². The van der Waals surface area contributed by atoms with Crippen molar-refractivity contribution in [1.82, 2.24) is 10.2 Å². The van der Waals surface area contributed by atoms with Gasteiger partial charge in [0.15, 0.2) is 0 Å². The summed E-state index contributed by atoms with van der Waals surface area (Å²) in [6.07, 6.45) is 0.235. The minimum absolute atomic E-state index is 0.00150. The molecular formula is C14H28N2O3. The second kappa shape index (κ2) is 6.89. The van der Waals surface area contributed by atoms with Crippen molar-refractivity contribution in [3.05, 3.63) is 0 Å². The van der Waals surface area contributed by atoms with Gasteiger partial charge in [-0.3, -0.25) is 9.59 Å². The number of rotatable bonds is 8. The van der Waals surface area contributed by atoms with Crippen LogP contribution in [0.25, 0.3) is 0 Å². The first kappa shape index (κ1) is 17.9. The Morgan fingerprint density at radius 2 is 1.58 bits per heavy atom. The van der Waals surface area contributed by atoms with E-state index in [4.69, 9.17) is 5.11 Å². The molecule has 0 atom stereocenters. The summed E-state index contributed by atoms with van der Waals surface area (Å²) in [6.45, 7) is 9.25. The number of carboxylic acids is 1. The molecule has 0 aliphatic carbocycles. The van der Waals surface area contributed by atoms with Gasteiger partial charge in [0.2, 0.25) is 5.91 Å². The number of carbonyl (C=O) groups is 2. The van der Waals surface area contributed by atoms with Crippen molar-refractivity contribution in [2.75, 3.05) is 27.2 Å². The molecule has 0 bridgehead atoms. The van der Waals surface area contributed by atoms with Crippen molar-refractivity contribution in [3.8, 4) is 0 Å². The second-order valence-corrected chi connectivity index (χ2v) is 7.09. The Labute approximate surface area is 116 Å². The predicted octanol–water partition coefficient (Wildman–Crippen LogP) is 1.58. The average Bonchev–Trinajstić information content (AvgIpc) is 2.09. The Kier molecular flexibility index (Phi) is 6.49. The molecule has 19 heavy (non-hydrogen) atoms. The Morgan fingerprint density at radius 3 is 2.00 bits per heavy atom. The van der Waals surface area contributed by atoms with E-state index in [2.05, 4.69) is 24.1 Å². The summed E-state index contributed by atoms with van der Waals surface area (Å²) < 4.78 is 0. The number of hydrogen-bond acceptors (Lipinski definition) is 3. The van der Waals surface area contributed by atoms with Crippen LogP contribution in [0, 0.1) is 10.8 Å². The first-order valence-electron chi connectivity index (χ1n) is 6.57. The minimum Gasteiger partial charge on any atom is -0.481 e. The monoisotopic (exact) mass is 272 g/mol. The highest BCUT2D eigenvalue weighted by Crippen LogP contribution is 2.25. The Hall–Kier alpha value is -1.10. The quantitative estimate of drug-likeness (QED) is 0.704. The highest BCUT2D eigenvalue weighted by atomic mass is 16.4. The fourth-order valence-corrected chi connectivity index (χ4v) is 2.22. The zero-order valence-corrected chi connectivity index (χ0v) is 13.0. The van der Waals surface area contributed by atoms with Crippen molar-refractivity contribution in [2.45, 2.75) is 40.5 Å². The molecule has 0 fully saturated rings. The SMILES string of the molecule is CN(C)CC(C)(C)CNC(=O)CC(C)(C)CC(=O)O. The van der Waals surface area contributed by atoms with Crippen LogP contribution in [0.1, 0.15) is 40.5 Å². The second-order valence-electron chi connectivity index (χ2n) is 7.09. The van der Waals surface area contributed by atoms with Crippen LogP contribution >= 0.6 is 0 Å². The lowest BCUT2D eigenvalue weighted by Gasteiger charge is -2.29. The first-order valence-corrected chi connectivity index (χ1v) is 6.57. The third kappa shape index (κ3) is 9.47. The van der Waals surface area contributed by atoms with Crippen molar-refractivity contribution in [1.29, 1.82) is 0 Å². The molecule has 112 valence electrons. The zero-order chi connectivity index (χ0) is 15.3. The molecule has 0 aromatic rings. The normalized spacial score (nSPS) is 12.6. The van der Waals surface area contributed by atoms with Crippen molar-refractivity contribution in [3.63, 3.8) is 0 Å². The summed E-state index contributed by atoms with van der Waals surface area (Å²) in [7, 11) is 4.00. The van der Waals surface area contributed by atoms with Gasteiger partial charge in [0.05, 0.1) is 6.42 Å². The van der Waals surface area contributed by atoms with Gasteiger partial charge in [-0.05, 0) is 24.9 Å². The molecule has 0 aromatic heterocycles. The lowest BCUT2D eigenvalue weighted by Crippen LogP contribution is -2.41. The maximum atomic E-state index is 11.9. The van der Waals surface area contributed by atoms with Crippen LogP contribution < -0.4 is 5.32 Å². The number of nitrogens with one attached hydrogen (secondary N) is 1. The number of amides is 1. The van der Waals surface area contributed by atoms with E-state index in [1.807, 2.05) is 14.1 Å². The van der Waals surface area contributed by atoms with E-state index in [1.165, 1.54) is 0 Å². The first-order chi connectivity index (χ1) is 8.43. The fourth-order valence-electron chi connectivity index (χ4n) is 2.22. The topological polar surface area (TPSA) is 69.6 Å². The number of hydrogen-bond donors (Lipinski definition) is 2. The third-order valence-electron chi connectivity index (χ3n) is 2.78. The van der Waals surface area contributed by atoms with Crippen molar-refractivity contribution in [2.24, 2.45) is 10.8 Å². The molecule has 0 unspecified atom stereocenters. The van der Waals surface area contributed by atoms with Crippen molar-refractivity contribution >= 4 is 11.9 Å². The van der Waals surface area contributed by atoms with Crippen LogP contribution in [0.3, 0.4) is 0 Å². The van der Waals surface area contributed by atoms with E-state index < -0.39 is 11.4 Å². The summed E-state index contributed by atoms with van der Waals surface area (Å²) in [6, 6.07) is 0. The molecule has 0 heterocycles. The van der Waals surface area contributed by atoms with E-state index in [0.29, 0.717) is 6.54 Å². The molecule has 0 aromatic carbocycles. The standard InChI is InChI=1S/C14H28N2O3/c1-13(2,8-12(18)19)7-11(17)15-9-14(3,4)10-16(5)6/h7-10H2,1-6H3,(H,15,17)(H,18,19). The van der Waals surface area contributed by atoms with Crippen molar-refractivity contribution < 1.29 is 14.7 Å². The molecule has 0 aliphatic heterocycles. The lowest BCUT2D eigenvalue weighted by atomic mass is 9.85. The predicted molar refractivity (Wildman–Crippen MR) is 76.0 cm³/mol. The average molecular weight is 272 g/mol. The zero-order valence-electron chi connectivity index (χ0n) is 13.0. The van der Waals surface area contributed by atoms with Crippen LogP contribution in [-0.2, 0) is 9.59 Å². The largest absolute Gasteiger partial charge is 0.481 e. The number of aliphatic carboxylic acids is 1. The summed E-state index contributed by atoms with van der Waals surface area (Å²) in [5.41, 5.74) is -0.516. The molecule has 2 N–H and O–H groups in total. The molecule has 5 nitrogen and oxygen atoms in total. The molecule has 1 amide bonds. The minimum atomic E-state index is -0.870.